The first-order chi connectivity index (χ1) is 12.0. The molecule has 0 spiro atoms. The minimum absolute atomic E-state index is 0.1000. The van der Waals surface area contributed by atoms with Crippen LogP contribution in [-0.2, 0) is 5.75 Å². The summed E-state index contributed by atoms with van der Waals surface area (Å²) in [6.07, 6.45) is 0. The lowest BCUT2D eigenvalue weighted by Gasteiger charge is -2.08. The van der Waals surface area contributed by atoms with Crippen molar-refractivity contribution in [1.29, 1.82) is 10.5 Å². The lowest BCUT2D eigenvalue weighted by atomic mass is 10.1. The van der Waals surface area contributed by atoms with Gasteiger partial charge in [-0.1, -0.05) is 0 Å². The van der Waals surface area contributed by atoms with Crippen molar-refractivity contribution in [3.63, 3.8) is 0 Å². The van der Waals surface area contributed by atoms with E-state index in [1.54, 1.807) is 0 Å². The Morgan fingerprint density at radius 2 is 1.84 bits per heavy atom. The van der Waals surface area contributed by atoms with Gasteiger partial charge in [0, 0.05) is 16.5 Å². The van der Waals surface area contributed by atoms with E-state index < -0.39 is 17.2 Å². The molecule has 0 aliphatic carbocycles. The number of hydrogen-bond donors (Lipinski definition) is 1. The van der Waals surface area contributed by atoms with Crippen molar-refractivity contribution in [2.75, 3.05) is 0 Å². The molecule has 0 atom stereocenters. The Hall–Kier alpha value is -3.16. The van der Waals surface area contributed by atoms with E-state index in [9.17, 15) is 13.6 Å². The number of rotatable bonds is 3. The average molecular weight is 353 g/mol. The quantitative estimate of drug-likeness (QED) is 0.726. The van der Waals surface area contributed by atoms with E-state index in [1.165, 1.54) is 36.4 Å². The van der Waals surface area contributed by atoms with E-state index in [-0.39, 0.29) is 11.3 Å². The molecule has 1 N–H and O–H groups in total. The molecule has 1 heterocycles. The number of halogens is 2. The number of pyridine rings is 1. The van der Waals surface area contributed by atoms with Gasteiger partial charge in [-0.05, 0) is 42.0 Å². The number of nitriles is 2. The summed E-state index contributed by atoms with van der Waals surface area (Å²) >= 11 is 1.10. The molecule has 2 aromatic carbocycles. The Morgan fingerprint density at radius 1 is 1.04 bits per heavy atom. The van der Waals surface area contributed by atoms with Gasteiger partial charge in [-0.2, -0.15) is 10.5 Å². The van der Waals surface area contributed by atoms with Crippen LogP contribution in [0.4, 0.5) is 8.78 Å². The Labute approximate surface area is 145 Å². The summed E-state index contributed by atoms with van der Waals surface area (Å²) in [7, 11) is 0. The molecule has 1 aromatic heterocycles. The maximum atomic E-state index is 13.9. The molecule has 0 aliphatic rings. The molecule has 122 valence electrons. The Morgan fingerprint density at radius 3 is 2.56 bits per heavy atom. The summed E-state index contributed by atoms with van der Waals surface area (Å²) in [5.74, 6) is -0.852. The Balaban J connectivity index is 2.06. The van der Waals surface area contributed by atoms with E-state index in [4.69, 9.17) is 10.5 Å². The van der Waals surface area contributed by atoms with Gasteiger partial charge < -0.3 is 4.98 Å². The highest BCUT2D eigenvalue weighted by atomic mass is 32.2. The second-order valence-electron chi connectivity index (χ2n) is 5.17. The van der Waals surface area contributed by atoms with Gasteiger partial charge in [0.2, 0.25) is 0 Å². The fourth-order valence-electron chi connectivity index (χ4n) is 2.41. The molecule has 0 saturated heterocycles. The van der Waals surface area contributed by atoms with Crippen LogP contribution in [0.2, 0.25) is 0 Å². The van der Waals surface area contributed by atoms with E-state index in [1.807, 2.05) is 12.1 Å². The fraction of sp³-hybridized carbons (Fsp3) is 0.0556. The van der Waals surface area contributed by atoms with Gasteiger partial charge in [0.15, 0.2) is 0 Å². The highest BCUT2D eigenvalue weighted by Crippen LogP contribution is 2.30. The van der Waals surface area contributed by atoms with E-state index in [0.29, 0.717) is 26.9 Å². The number of nitrogens with one attached hydrogen (secondary N) is 1. The summed E-state index contributed by atoms with van der Waals surface area (Å²) in [5, 5.41) is 19.1. The van der Waals surface area contributed by atoms with Crippen molar-refractivity contribution >= 4 is 22.5 Å². The summed E-state index contributed by atoms with van der Waals surface area (Å²) in [5.41, 5.74) is -0.0765. The molecule has 0 fully saturated rings. The summed E-state index contributed by atoms with van der Waals surface area (Å²) in [6.45, 7) is 0. The third-order valence-corrected chi connectivity index (χ3v) is 4.67. The lowest BCUT2D eigenvalue weighted by molar-refractivity contribution is 0.617. The molecule has 0 unspecified atom stereocenters. The zero-order valence-corrected chi connectivity index (χ0v) is 13.5. The van der Waals surface area contributed by atoms with E-state index in [0.717, 1.165) is 11.8 Å². The van der Waals surface area contributed by atoms with Crippen molar-refractivity contribution in [3.05, 3.63) is 75.1 Å². The molecule has 25 heavy (non-hydrogen) atoms. The molecular weight excluding hydrogens is 344 g/mol. The first-order valence-electron chi connectivity index (χ1n) is 7.10. The Kier molecular flexibility index (Phi) is 4.51. The van der Waals surface area contributed by atoms with Crippen molar-refractivity contribution in [2.24, 2.45) is 0 Å². The zero-order valence-electron chi connectivity index (χ0n) is 12.6. The number of thioether (sulfide) groups is 1. The van der Waals surface area contributed by atoms with Crippen molar-refractivity contribution < 1.29 is 8.78 Å². The summed E-state index contributed by atoms with van der Waals surface area (Å²) in [6, 6.07) is 11.5. The summed E-state index contributed by atoms with van der Waals surface area (Å²) in [4.78, 5) is 14.6. The molecule has 3 aromatic rings. The highest BCUT2D eigenvalue weighted by molar-refractivity contribution is 7.98. The molecule has 0 radical (unpaired) electrons. The van der Waals surface area contributed by atoms with Crippen LogP contribution in [0.1, 0.15) is 16.7 Å². The number of hydrogen-bond acceptors (Lipinski definition) is 4. The number of aromatic amines is 1. The topological polar surface area (TPSA) is 80.4 Å². The largest absolute Gasteiger partial charge is 0.315 e. The van der Waals surface area contributed by atoms with Crippen LogP contribution in [0, 0.1) is 34.3 Å². The van der Waals surface area contributed by atoms with E-state index >= 15 is 0 Å². The minimum Gasteiger partial charge on any atom is -0.315 e. The minimum atomic E-state index is -0.588. The number of H-pyrrole nitrogens is 1. The second kappa shape index (κ2) is 6.76. The lowest BCUT2D eigenvalue weighted by Crippen LogP contribution is -2.12. The molecular formula is C18H9F2N3OS. The predicted octanol–water partition coefficient (Wildman–Crippen LogP) is 3.84. The highest BCUT2D eigenvalue weighted by Gasteiger charge is 2.13. The molecule has 7 heteroatoms. The number of aromatic nitrogens is 1. The molecule has 0 saturated carbocycles. The van der Waals surface area contributed by atoms with Crippen LogP contribution >= 0.6 is 11.8 Å². The van der Waals surface area contributed by atoms with Gasteiger partial charge in [0.25, 0.3) is 5.56 Å². The Bertz CT molecular complexity index is 1130. The summed E-state index contributed by atoms with van der Waals surface area (Å²) < 4.78 is 27.5. The third kappa shape index (κ3) is 3.23. The smallest absolute Gasteiger partial charge is 0.267 e. The number of fused-ring (bicyclic) bond motifs is 1. The first kappa shape index (κ1) is 16.7. The van der Waals surface area contributed by atoms with E-state index in [2.05, 4.69) is 4.98 Å². The van der Waals surface area contributed by atoms with Crippen LogP contribution in [0.3, 0.4) is 0 Å². The van der Waals surface area contributed by atoms with Crippen LogP contribution in [0.5, 0.6) is 0 Å². The number of nitrogens with zero attached hydrogens (tertiary/aromatic N) is 2. The number of benzene rings is 2. The monoisotopic (exact) mass is 353 g/mol. The van der Waals surface area contributed by atoms with Crippen molar-refractivity contribution in [1.82, 2.24) is 4.98 Å². The maximum Gasteiger partial charge on any atom is 0.267 e. The standard InChI is InChI=1S/C18H9F2N3OS/c19-12-2-3-13-14(6-12)18(23-17(24)15(13)8-22)25-9-11-5-10(7-21)1-4-16(11)20/h1-6H,9H2,(H,23,24). The zero-order chi connectivity index (χ0) is 18.0. The predicted molar refractivity (Wildman–Crippen MR) is 89.9 cm³/mol. The van der Waals surface area contributed by atoms with Crippen molar-refractivity contribution in [3.8, 4) is 12.1 Å². The van der Waals surface area contributed by atoms with Gasteiger partial charge in [-0.3, -0.25) is 4.79 Å². The van der Waals surface area contributed by atoms with Gasteiger partial charge in [0.05, 0.1) is 16.7 Å². The van der Waals surface area contributed by atoms with Gasteiger partial charge in [-0.15, -0.1) is 11.8 Å². The van der Waals surface area contributed by atoms with Gasteiger partial charge in [0.1, 0.15) is 23.3 Å². The average Bonchev–Trinajstić information content (AvgIpc) is 2.61. The maximum absolute atomic E-state index is 13.9. The third-order valence-electron chi connectivity index (χ3n) is 3.61. The normalized spacial score (nSPS) is 10.4. The van der Waals surface area contributed by atoms with Crippen LogP contribution < -0.4 is 5.56 Å². The molecule has 0 amide bonds. The molecule has 4 nitrogen and oxygen atoms in total. The van der Waals surface area contributed by atoms with Gasteiger partial charge >= 0.3 is 0 Å². The molecule has 0 aliphatic heterocycles. The molecule has 0 bridgehead atoms. The van der Waals surface area contributed by atoms with Gasteiger partial charge in [-0.25, -0.2) is 8.78 Å². The SMILES string of the molecule is N#Cc1ccc(F)c(CSc2[nH]c(=O)c(C#N)c3ccc(F)cc23)c1. The van der Waals surface area contributed by atoms with Crippen LogP contribution in [-0.4, -0.2) is 4.98 Å². The fourth-order valence-corrected chi connectivity index (χ4v) is 3.42. The molecule has 3 rings (SSSR count). The first-order valence-corrected chi connectivity index (χ1v) is 8.09. The van der Waals surface area contributed by atoms with Crippen molar-refractivity contribution in [2.45, 2.75) is 10.8 Å². The van der Waals surface area contributed by atoms with Crippen LogP contribution in [0.25, 0.3) is 10.8 Å². The second-order valence-corrected chi connectivity index (χ2v) is 6.15. The van der Waals surface area contributed by atoms with Crippen LogP contribution in [0.15, 0.2) is 46.2 Å².